The zero-order valence-corrected chi connectivity index (χ0v) is 6.38. The maximum Gasteiger partial charge on any atom is 0.0829 e. The zero-order valence-electron chi connectivity index (χ0n) is 6.38. The first-order valence-corrected chi connectivity index (χ1v) is 4.14. The van der Waals surface area contributed by atoms with Crippen molar-refractivity contribution in [3.05, 3.63) is 0 Å². The van der Waals surface area contributed by atoms with Crippen LogP contribution >= 0.6 is 0 Å². The van der Waals surface area contributed by atoms with Crippen molar-refractivity contribution in [1.29, 1.82) is 0 Å². The summed E-state index contributed by atoms with van der Waals surface area (Å²) in [7, 11) is 0. The van der Waals surface area contributed by atoms with Crippen molar-refractivity contribution in [2.45, 2.75) is 38.3 Å². The summed E-state index contributed by atoms with van der Waals surface area (Å²) >= 11 is 0. The van der Waals surface area contributed by atoms with Gasteiger partial charge in [-0.25, -0.2) is 0 Å². The molecule has 1 heterocycles. The van der Waals surface area contributed by atoms with Crippen LogP contribution in [0.15, 0.2) is 4.99 Å². The number of aliphatic imine (C=N–C) groups is 1. The van der Waals surface area contributed by atoms with Crippen LogP contribution in [0.1, 0.15) is 26.2 Å². The lowest BCUT2D eigenvalue weighted by atomic mass is 9.82. The molecule has 1 saturated carbocycles. The molecule has 2 nitrogen and oxygen atoms in total. The molecule has 2 aliphatic rings. The molecule has 0 aromatic heterocycles. The van der Waals surface area contributed by atoms with E-state index in [1.165, 1.54) is 19.3 Å². The van der Waals surface area contributed by atoms with Crippen molar-refractivity contribution in [3.63, 3.8) is 0 Å². The maximum atomic E-state index is 4.39. The van der Waals surface area contributed by atoms with E-state index in [1.54, 1.807) is 0 Å². The highest BCUT2D eigenvalue weighted by atomic mass is 15.0. The van der Waals surface area contributed by atoms with Gasteiger partial charge in [0.2, 0.25) is 0 Å². The molecule has 0 saturated heterocycles. The van der Waals surface area contributed by atoms with Crippen LogP contribution in [0.3, 0.4) is 0 Å². The molecule has 3 unspecified atom stereocenters. The standard InChI is InChI=1S/C8H14N2/c1-6-2-3-7-4-8(6)10-5-9-7/h5-8H,2-4H2,1H3,(H,9,10). The maximum absolute atomic E-state index is 4.39. The highest BCUT2D eigenvalue weighted by Crippen LogP contribution is 2.27. The van der Waals surface area contributed by atoms with E-state index in [2.05, 4.69) is 17.2 Å². The van der Waals surface area contributed by atoms with E-state index in [0.29, 0.717) is 6.04 Å². The first-order chi connectivity index (χ1) is 4.86. The van der Waals surface area contributed by atoms with E-state index >= 15 is 0 Å². The smallest absolute Gasteiger partial charge is 0.0829 e. The van der Waals surface area contributed by atoms with Gasteiger partial charge in [-0.05, 0) is 25.2 Å². The van der Waals surface area contributed by atoms with Gasteiger partial charge in [-0.1, -0.05) is 6.92 Å². The van der Waals surface area contributed by atoms with Gasteiger partial charge in [0.25, 0.3) is 0 Å². The Morgan fingerprint density at radius 2 is 2.40 bits per heavy atom. The third kappa shape index (κ3) is 0.917. The van der Waals surface area contributed by atoms with Gasteiger partial charge in [0.1, 0.15) is 0 Å². The van der Waals surface area contributed by atoms with Gasteiger partial charge in [-0.2, -0.15) is 0 Å². The van der Waals surface area contributed by atoms with E-state index in [4.69, 9.17) is 0 Å². The largest absolute Gasteiger partial charge is 0.374 e. The zero-order chi connectivity index (χ0) is 6.97. The van der Waals surface area contributed by atoms with Gasteiger partial charge in [0.15, 0.2) is 0 Å². The van der Waals surface area contributed by atoms with Crippen LogP contribution in [-0.4, -0.2) is 18.4 Å². The monoisotopic (exact) mass is 138 g/mol. The Morgan fingerprint density at radius 1 is 1.50 bits per heavy atom. The molecule has 1 N–H and O–H groups in total. The van der Waals surface area contributed by atoms with Gasteiger partial charge in [0.05, 0.1) is 12.4 Å². The highest BCUT2D eigenvalue weighted by molar-refractivity contribution is 5.56. The molecule has 0 aromatic carbocycles. The van der Waals surface area contributed by atoms with Crippen molar-refractivity contribution in [2.75, 3.05) is 0 Å². The normalized spacial score (nSPS) is 44.7. The summed E-state index contributed by atoms with van der Waals surface area (Å²) in [4.78, 5) is 4.39. The average molecular weight is 138 g/mol. The lowest BCUT2D eigenvalue weighted by Crippen LogP contribution is -2.42. The molecule has 1 aliphatic carbocycles. The van der Waals surface area contributed by atoms with Gasteiger partial charge >= 0.3 is 0 Å². The SMILES string of the molecule is CC1CCC2CC1N=CN2. The predicted molar refractivity (Wildman–Crippen MR) is 42.2 cm³/mol. The molecular formula is C8H14N2. The second-order valence-electron chi connectivity index (χ2n) is 3.50. The number of nitrogens with one attached hydrogen (secondary N) is 1. The number of hydrogen-bond acceptors (Lipinski definition) is 2. The molecule has 3 atom stereocenters. The second-order valence-corrected chi connectivity index (χ2v) is 3.50. The molecule has 1 aliphatic heterocycles. The summed E-state index contributed by atoms with van der Waals surface area (Å²) in [6.07, 6.45) is 5.84. The van der Waals surface area contributed by atoms with Gasteiger partial charge in [-0.3, -0.25) is 4.99 Å². The van der Waals surface area contributed by atoms with Crippen LogP contribution in [0.2, 0.25) is 0 Å². The van der Waals surface area contributed by atoms with Crippen molar-refractivity contribution in [2.24, 2.45) is 10.9 Å². The molecule has 2 rings (SSSR count). The van der Waals surface area contributed by atoms with Crippen molar-refractivity contribution < 1.29 is 0 Å². The van der Waals surface area contributed by atoms with Crippen LogP contribution < -0.4 is 5.32 Å². The van der Waals surface area contributed by atoms with Crippen LogP contribution in [-0.2, 0) is 0 Å². The fourth-order valence-corrected chi connectivity index (χ4v) is 1.90. The number of hydrogen-bond donors (Lipinski definition) is 1. The Balaban J connectivity index is 2.12. The summed E-state index contributed by atoms with van der Waals surface area (Å²) in [5, 5.41) is 3.28. The minimum absolute atomic E-state index is 0.625. The van der Waals surface area contributed by atoms with Crippen LogP contribution in [0.25, 0.3) is 0 Å². The van der Waals surface area contributed by atoms with Gasteiger partial charge < -0.3 is 5.32 Å². The van der Waals surface area contributed by atoms with E-state index in [1.807, 2.05) is 6.34 Å². The molecule has 0 spiro atoms. The molecular weight excluding hydrogens is 124 g/mol. The Bertz CT molecular complexity index is 153. The van der Waals surface area contributed by atoms with Crippen molar-refractivity contribution in [3.8, 4) is 0 Å². The minimum Gasteiger partial charge on any atom is -0.374 e. The topological polar surface area (TPSA) is 24.4 Å². The molecule has 2 heteroatoms. The number of nitrogens with zero attached hydrogens (tertiary/aromatic N) is 1. The van der Waals surface area contributed by atoms with Gasteiger partial charge in [-0.15, -0.1) is 0 Å². The van der Waals surface area contributed by atoms with Crippen LogP contribution in [0.4, 0.5) is 0 Å². The lowest BCUT2D eigenvalue weighted by molar-refractivity contribution is 0.277. The summed E-state index contributed by atoms with van der Waals surface area (Å²) in [5.74, 6) is 0.814. The fraction of sp³-hybridized carbons (Fsp3) is 0.875. The first kappa shape index (κ1) is 6.20. The Morgan fingerprint density at radius 3 is 3.20 bits per heavy atom. The summed E-state index contributed by atoms with van der Waals surface area (Å²) in [5.41, 5.74) is 0. The molecule has 0 radical (unpaired) electrons. The minimum atomic E-state index is 0.625. The molecule has 0 amide bonds. The molecule has 56 valence electrons. The first-order valence-electron chi connectivity index (χ1n) is 4.14. The summed E-state index contributed by atoms with van der Waals surface area (Å²) < 4.78 is 0. The third-order valence-corrected chi connectivity index (χ3v) is 2.73. The Kier molecular flexibility index (Phi) is 1.40. The summed E-state index contributed by atoms with van der Waals surface area (Å²) in [6.45, 7) is 2.31. The molecule has 2 bridgehead atoms. The van der Waals surface area contributed by atoms with Crippen molar-refractivity contribution >= 4 is 6.34 Å². The average Bonchev–Trinajstić information content (AvgIpc) is 1.99. The van der Waals surface area contributed by atoms with E-state index in [0.717, 1.165) is 12.0 Å². The Labute approximate surface area is 61.7 Å². The fourth-order valence-electron chi connectivity index (χ4n) is 1.90. The predicted octanol–water partition coefficient (Wildman–Crippen LogP) is 1.18. The number of rotatable bonds is 0. The molecule has 10 heavy (non-hydrogen) atoms. The van der Waals surface area contributed by atoms with Crippen LogP contribution in [0.5, 0.6) is 0 Å². The van der Waals surface area contributed by atoms with E-state index in [-0.39, 0.29) is 0 Å². The second kappa shape index (κ2) is 2.26. The number of fused-ring (bicyclic) bond motifs is 2. The van der Waals surface area contributed by atoms with Crippen LogP contribution in [0, 0.1) is 5.92 Å². The van der Waals surface area contributed by atoms with Crippen molar-refractivity contribution in [1.82, 2.24) is 5.32 Å². The molecule has 0 aromatic rings. The Hall–Kier alpha value is -0.530. The molecule has 1 fully saturated rings. The van der Waals surface area contributed by atoms with E-state index in [9.17, 15) is 0 Å². The quantitative estimate of drug-likeness (QED) is 0.534. The lowest BCUT2D eigenvalue weighted by Gasteiger charge is -2.35. The van der Waals surface area contributed by atoms with Gasteiger partial charge in [0, 0.05) is 6.04 Å². The van der Waals surface area contributed by atoms with E-state index < -0.39 is 0 Å². The third-order valence-electron chi connectivity index (χ3n) is 2.73. The highest BCUT2D eigenvalue weighted by Gasteiger charge is 2.28. The summed E-state index contributed by atoms with van der Waals surface area (Å²) in [6, 6.07) is 1.36.